The zero-order chi connectivity index (χ0) is 13.7. The van der Waals surface area contributed by atoms with Gasteiger partial charge in [0.2, 0.25) is 0 Å². The lowest BCUT2D eigenvalue weighted by Gasteiger charge is -2.23. The average molecular weight is 265 g/mol. The standard InChI is InChI=1S/C13H19N3O3/c1-2-16(7-10-4-3-5-19-10)8-12-11(13(17)18)6-14-9-15-12/h6,9-10H,2-5,7-8H2,1H3,(H,17,18). The molecule has 1 aliphatic heterocycles. The summed E-state index contributed by atoms with van der Waals surface area (Å²) in [6.45, 7) is 5.05. The minimum Gasteiger partial charge on any atom is -0.478 e. The topological polar surface area (TPSA) is 75.6 Å². The summed E-state index contributed by atoms with van der Waals surface area (Å²) in [7, 11) is 0. The molecule has 0 spiro atoms. The highest BCUT2D eigenvalue weighted by Crippen LogP contribution is 2.15. The molecule has 0 saturated carbocycles. The molecule has 0 bridgehead atoms. The second kappa shape index (κ2) is 6.58. The minimum atomic E-state index is -0.983. The maximum atomic E-state index is 11.1. The van der Waals surface area contributed by atoms with Gasteiger partial charge in [0, 0.05) is 25.9 Å². The number of rotatable bonds is 6. The molecule has 1 aromatic heterocycles. The van der Waals surface area contributed by atoms with E-state index in [1.807, 2.05) is 0 Å². The van der Waals surface area contributed by atoms with Gasteiger partial charge in [0.05, 0.1) is 11.8 Å². The quantitative estimate of drug-likeness (QED) is 0.832. The van der Waals surface area contributed by atoms with Crippen LogP contribution in [0.25, 0.3) is 0 Å². The first-order chi connectivity index (χ1) is 9.20. The fourth-order valence-electron chi connectivity index (χ4n) is 2.25. The van der Waals surface area contributed by atoms with Crippen LogP contribution in [0.15, 0.2) is 12.5 Å². The highest BCUT2D eigenvalue weighted by molar-refractivity contribution is 5.88. The largest absolute Gasteiger partial charge is 0.478 e. The van der Waals surface area contributed by atoms with Crippen molar-refractivity contribution >= 4 is 5.97 Å². The maximum Gasteiger partial charge on any atom is 0.339 e. The molecule has 2 heterocycles. The van der Waals surface area contributed by atoms with Crippen molar-refractivity contribution in [3.05, 3.63) is 23.8 Å². The first-order valence-electron chi connectivity index (χ1n) is 6.56. The van der Waals surface area contributed by atoms with Crippen LogP contribution >= 0.6 is 0 Å². The Kier molecular flexibility index (Phi) is 4.81. The van der Waals surface area contributed by atoms with Gasteiger partial charge in [-0.15, -0.1) is 0 Å². The van der Waals surface area contributed by atoms with Crippen LogP contribution in [0.1, 0.15) is 35.8 Å². The van der Waals surface area contributed by atoms with Crippen LogP contribution < -0.4 is 0 Å². The Morgan fingerprint density at radius 2 is 2.47 bits per heavy atom. The van der Waals surface area contributed by atoms with Crippen molar-refractivity contribution in [1.82, 2.24) is 14.9 Å². The summed E-state index contributed by atoms with van der Waals surface area (Å²) < 4.78 is 5.61. The van der Waals surface area contributed by atoms with E-state index in [-0.39, 0.29) is 11.7 Å². The lowest BCUT2D eigenvalue weighted by Crippen LogP contribution is -2.32. The normalized spacial score (nSPS) is 18.9. The maximum absolute atomic E-state index is 11.1. The van der Waals surface area contributed by atoms with Crippen molar-refractivity contribution in [2.45, 2.75) is 32.4 Å². The number of nitrogens with zero attached hydrogens (tertiary/aromatic N) is 3. The second-order valence-corrected chi connectivity index (χ2v) is 4.65. The van der Waals surface area contributed by atoms with Crippen molar-refractivity contribution in [3.63, 3.8) is 0 Å². The van der Waals surface area contributed by atoms with Crippen LogP contribution in [0, 0.1) is 0 Å². The van der Waals surface area contributed by atoms with E-state index in [1.54, 1.807) is 0 Å². The first-order valence-corrected chi connectivity index (χ1v) is 6.56. The highest BCUT2D eigenvalue weighted by Gasteiger charge is 2.20. The number of likely N-dealkylation sites (N-methyl/N-ethyl adjacent to an activating group) is 1. The molecule has 0 aromatic carbocycles. The fourth-order valence-corrected chi connectivity index (χ4v) is 2.25. The number of hydrogen-bond acceptors (Lipinski definition) is 5. The Hall–Kier alpha value is -1.53. The van der Waals surface area contributed by atoms with E-state index in [1.165, 1.54) is 12.5 Å². The SMILES string of the molecule is CCN(Cc1ncncc1C(=O)O)CC1CCCO1. The molecule has 19 heavy (non-hydrogen) atoms. The van der Waals surface area contributed by atoms with Crippen molar-refractivity contribution in [3.8, 4) is 0 Å². The fraction of sp³-hybridized carbons (Fsp3) is 0.615. The lowest BCUT2D eigenvalue weighted by atomic mass is 10.2. The number of carbonyl (C=O) groups is 1. The molecule has 0 amide bonds. The van der Waals surface area contributed by atoms with Gasteiger partial charge < -0.3 is 9.84 Å². The molecular weight excluding hydrogens is 246 g/mol. The minimum absolute atomic E-state index is 0.174. The second-order valence-electron chi connectivity index (χ2n) is 4.65. The summed E-state index contributed by atoms with van der Waals surface area (Å²) in [6.07, 6.45) is 5.18. The molecule has 104 valence electrons. The van der Waals surface area contributed by atoms with Crippen molar-refractivity contribution in [2.24, 2.45) is 0 Å². The van der Waals surface area contributed by atoms with E-state index in [0.29, 0.717) is 12.2 Å². The number of carboxylic acids is 1. The monoisotopic (exact) mass is 265 g/mol. The molecule has 1 aliphatic rings. The van der Waals surface area contributed by atoms with Crippen LogP contribution in [0.2, 0.25) is 0 Å². The van der Waals surface area contributed by atoms with Crippen LogP contribution in [0.5, 0.6) is 0 Å². The predicted molar refractivity (Wildman–Crippen MR) is 68.9 cm³/mol. The van der Waals surface area contributed by atoms with Gasteiger partial charge in [-0.25, -0.2) is 14.8 Å². The number of ether oxygens (including phenoxy) is 1. The molecule has 6 nitrogen and oxygen atoms in total. The third-order valence-corrected chi connectivity index (χ3v) is 3.33. The summed E-state index contributed by atoms with van der Waals surface area (Å²) in [6, 6.07) is 0. The first kappa shape index (κ1) is 13.9. The van der Waals surface area contributed by atoms with E-state index in [9.17, 15) is 4.79 Å². The predicted octanol–water partition coefficient (Wildman–Crippen LogP) is 1.18. The summed E-state index contributed by atoms with van der Waals surface area (Å²) >= 11 is 0. The van der Waals surface area contributed by atoms with Gasteiger partial charge in [-0.3, -0.25) is 4.90 Å². The molecule has 1 atom stereocenters. The number of aromatic carboxylic acids is 1. The number of aromatic nitrogens is 2. The smallest absolute Gasteiger partial charge is 0.339 e. The molecule has 1 saturated heterocycles. The van der Waals surface area contributed by atoms with Gasteiger partial charge in [0.1, 0.15) is 11.9 Å². The van der Waals surface area contributed by atoms with Crippen LogP contribution in [-0.4, -0.2) is 51.7 Å². The molecule has 1 N–H and O–H groups in total. The molecule has 0 radical (unpaired) electrons. The molecular formula is C13H19N3O3. The summed E-state index contributed by atoms with van der Waals surface area (Å²) in [5.74, 6) is -0.983. The summed E-state index contributed by atoms with van der Waals surface area (Å²) in [4.78, 5) is 21.1. The molecule has 1 fully saturated rings. The van der Waals surface area contributed by atoms with Gasteiger partial charge in [-0.05, 0) is 19.4 Å². The Bertz CT molecular complexity index is 433. The van der Waals surface area contributed by atoms with Crippen molar-refractivity contribution in [2.75, 3.05) is 19.7 Å². The van der Waals surface area contributed by atoms with Crippen LogP contribution in [0.4, 0.5) is 0 Å². The lowest BCUT2D eigenvalue weighted by molar-refractivity contribution is 0.0679. The number of hydrogen-bond donors (Lipinski definition) is 1. The Labute approximate surface area is 112 Å². The molecule has 0 aliphatic carbocycles. The Morgan fingerprint density at radius 1 is 1.63 bits per heavy atom. The van der Waals surface area contributed by atoms with Gasteiger partial charge in [0.15, 0.2) is 0 Å². The van der Waals surface area contributed by atoms with E-state index >= 15 is 0 Å². The molecule has 2 rings (SSSR count). The summed E-state index contributed by atoms with van der Waals surface area (Å²) in [5, 5.41) is 9.11. The third kappa shape index (κ3) is 3.71. The Balaban J connectivity index is 2.03. The molecule has 1 unspecified atom stereocenters. The zero-order valence-corrected chi connectivity index (χ0v) is 11.1. The van der Waals surface area contributed by atoms with E-state index < -0.39 is 5.97 Å². The van der Waals surface area contributed by atoms with Gasteiger partial charge in [0.25, 0.3) is 0 Å². The molecule has 1 aromatic rings. The van der Waals surface area contributed by atoms with Crippen LogP contribution in [-0.2, 0) is 11.3 Å². The average Bonchev–Trinajstić information content (AvgIpc) is 2.91. The van der Waals surface area contributed by atoms with E-state index in [0.717, 1.165) is 32.5 Å². The third-order valence-electron chi connectivity index (χ3n) is 3.33. The van der Waals surface area contributed by atoms with Crippen molar-refractivity contribution in [1.29, 1.82) is 0 Å². The Morgan fingerprint density at radius 3 is 3.11 bits per heavy atom. The van der Waals surface area contributed by atoms with E-state index in [4.69, 9.17) is 9.84 Å². The zero-order valence-electron chi connectivity index (χ0n) is 11.1. The van der Waals surface area contributed by atoms with Gasteiger partial charge in [-0.1, -0.05) is 6.92 Å². The molecule has 6 heteroatoms. The van der Waals surface area contributed by atoms with Gasteiger partial charge >= 0.3 is 5.97 Å². The highest BCUT2D eigenvalue weighted by atomic mass is 16.5. The summed E-state index contributed by atoms with van der Waals surface area (Å²) in [5.41, 5.74) is 0.732. The van der Waals surface area contributed by atoms with E-state index in [2.05, 4.69) is 21.8 Å². The van der Waals surface area contributed by atoms with Crippen molar-refractivity contribution < 1.29 is 14.6 Å². The van der Waals surface area contributed by atoms with Crippen LogP contribution in [0.3, 0.4) is 0 Å². The van der Waals surface area contributed by atoms with Gasteiger partial charge in [-0.2, -0.15) is 0 Å². The number of carboxylic acid groups (broad SMARTS) is 1.